The quantitative estimate of drug-likeness (QED) is 0.0787. The Balaban J connectivity index is 1.33. The van der Waals surface area contributed by atoms with Crippen LogP contribution in [0.3, 0.4) is 0 Å². The number of nitrogens with zero attached hydrogens (tertiary/aromatic N) is 1. The van der Waals surface area contributed by atoms with E-state index >= 15 is 0 Å². The number of hydrogen-bond acceptors (Lipinski definition) is 8. The van der Waals surface area contributed by atoms with Crippen molar-refractivity contribution in [3.63, 3.8) is 0 Å². The van der Waals surface area contributed by atoms with Crippen molar-refractivity contribution in [2.24, 2.45) is 5.10 Å². The van der Waals surface area contributed by atoms with Crippen LogP contribution in [-0.2, 0) is 4.79 Å². The average molecular weight is 656 g/mol. The molecule has 2 amide bonds. The molecule has 0 saturated heterocycles. The van der Waals surface area contributed by atoms with E-state index in [1.165, 1.54) is 19.4 Å². The molecule has 2 N–H and O–H groups in total. The van der Waals surface area contributed by atoms with Gasteiger partial charge in [-0.25, -0.2) is 10.2 Å². The molecular weight excluding hydrogens is 630 g/mol. The van der Waals surface area contributed by atoms with E-state index in [1.54, 1.807) is 72.8 Å². The van der Waals surface area contributed by atoms with Crippen LogP contribution in [0.1, 0.15) is 37.4 Å². The zero-order valence-corrected chi connectivity index (χ0v) is 25.2. The van der Waals surface area contributed by atoms with Gasteiger partial charge in [-0.1, -0.05) is 42.0 Å². The molecule has 4 aromatic rings. The van der Waals surface area contributed by atoms with E-state index in [2.05, 4.69) is 31.8 Å². The van der Waals surface area contributed by atoms with Crippen molar-refractivity contribution in [2.75, 3.05) is 13.9 Å². The Morgan fingerprint density at radius 1 is 0.886 bits per heavy atom. The largest absolute Gasteiger partial charge is 0.493 e. The first-order chi connectivity index (χ1) is 21.3. The predicted octanol–water partition coefficient (Wildman–Crippen LogP) is 5.64. The first kappa shape index (κ1) is 30.1. The summed E-state index contributed by atoms with van der Waals surface area (Å²) >= 11 is 3.42. The number of fused-ring (bicyclic) bond motifs is 1. The molecule has 1 heterocycles. The lowest BCUT2D eigenvalue weighted by Gasteiger charge is -2.12. The van der Waals surface area contributed by atoms with Crippen LogP contribution in [0.25, 0.3) is 6.08 Å². The molecule has 5 rings (SSSR count). The zero-order valence-electron chi connectivity index (χ0n) is 23.6. The number of benzene rings is 4. The number of nitrogens with one attached hydrogen (secondary N) is 2. The Labute approximate surface area is 261 Å². The molecule has 0 unspecified atom stereocenters. The molecule has 44 heavy (non-hydrogen) atoms. The number of esters is 1. The monoisotopic (exact) mass is 655 g/mol. The maximum atomic E-state index is 13.2. The van der Waals surface area contributed by atoms with E-state index in [1.807, 2.05) is 19.1 Å². The Morgan fingerprint density at radius 2 is 1.64 bits per heavy atom. The first-order valence-electron chi connectivity index (χ1n) is 13.3. The predicted molar refractivity (Wildman–Crippen MR) is 167 cm³/mol. The van der Waals surface area contributed by atoms with Crippen LogP contribution >= 0.6 is 15.9 Å². The number of hydrogen-bond donors (Lipinski definition) is 2. The fourth-order valence-corrected chi connectivity index (χ4v) is 4.63. The molecule has 0 spiro atoms. The standard InChI is InChI=1S/C33H26BrN3O7/c1-20-8-11-24(12-9-20)33(40)44-30-25(34)14-22(17-29(30)41-2)18-35-37-32(39)26(36-31(38)23-6-4-3-5-7-23)15-21-10-13-27-28(16-21)43-19-42-27/h3-18H,19H2,1-2H3,(H,36,38)(H,37,39)/b26-15+,35-18+. The maximum absolute atomic E-state index is 13.2. The fourth-order valence-electron chi connectivity index (χ4n) is 4.09. The second-order valence-electron chi connectivity index (χ2n) is 9.48. The molecule has 0 fully saturated rings. The molecule has 1 aliphatic heterocycles. The highest BCUT2D eigenvalue weighted by molar-refractivity contribution is 9.10. The van der Waals surface area contributed by atoms with Gasteiger partial charge in [-0.2, -0.15) is 5.10 Å². The Morgan fingerprint density at radius 3 is 2.39 bits per heavy atom. The van der Waals surface area contributed by atoms with Gasteiger partial charge in [0, 0.05) is 5.56 Å². The van der Waals surface area contributed by atoms with Crippen molar-refractivity contribution in [2.45, 2.75) is 6.92 Å². The molecule has 0 radical (unpaired) electrons. The van der Waals surface area contributed by atoms with Gasteiger partial charge in [0.25, 0.3) is 11.8 Å². The lowest BCUT2D eigenvalue weighted by Crippen LogP contribution is -2.32. The summed E-state index contributed by atoms with van der Waals surface area (Å²) in [4.78, 5) is 38.8. The van der Waals surface area contributed by atoms with Gasteiger partial charge in [-0.05, 0) is 88.6 Å². The number of rotatable bonds is 9. The maximum Gasteiger partial charge on any atom is 0.343 e. The number of hydrazone groups is 1. The summed E-state index contributed by atoms with van der Waals surface area (Å²) in [5.74, 6) is -0.110. The zero-order chi connectivity index (χ0) is 31.1. The van der Waals surface area contributed by atoms with Crippen molar-refractivity contribution < 1.29 is 33.3 Å². The molecule has 10 nitrogen and oxygen atoms in total. The van der Waals surface area contributed by atoms with Gasteiger partial charge in [0.05, 0.1) is 23.4 Å². The Kier molecular flexibility index (Phi) is 9.36. The smallest absolute Gasteiger partial charge is 0.343 e. The van der Waals surface area contributed by atoms with Crippen LogP contribution < -0.4 is 29.7 Å². The molecule has 0 bridgehead atoms. The highest BCUT2D eigenvalue weighted by Gasteiger charge is 2.19. The van der Waals surface area contributed by atoms with Crippen molar-refractivity contribution in [1.82, 2.24) is 10.7 Å². The first-order valence-corrected chi connectivity index (χ1v) is 14.1. The Bertz CT molecular complexity index is 1770. The third kappa shape index (κ3) is 7.31. The van der Waals surface area contributed by atoms with Gasteiger partial charge in [0.1, 0.15) is 5.70 Å². The summed E-state index contributed by atoms with van der Waals surface area (Å²) in [5, 5.41) is 6.72. The lowest BCUT2D eigenvalue weighted by molar-refractivity contribution is -0.117. The van der Waals surface area contributed by atoms with Gasteiger partial charge in [-0.15, -0.1) is 0 Å². The number of aryl methyl sites for hydroxylation is 1. The van der Waals surface area contributed by atoms with Crippen LogP contribution in [0.4, 0.5) is 0 Å². The topological polar surface area (TPSA) is 125 Å². The minimum absolute atomic E-state index is 0.0491. The van der Waals surface area contributed by atoms with Crippen molar-refractivity contribution in [3.8, 4) is 23.0 Å². The van der Waals surface area contributed by atoms with Crippen LogP contribution in [0, 0.1) is 6.92 Å². The second kappa shape index (κ2) is 13.7. The summed E-state index contributed by atoms with van der Waals surface area (Å²) < 4.78 is 22.2. The van der Waals surface area contributed by atoms with Crippen molar-refractivity contribution in [1.29, 1.82) is 0 Å². The number of amides is 2. The second-order valence-corrected chi connectivity index (χ2v) is 10.3. The third-order valence-electron chi connectivity index (χ3n) is 6.35. The summed E-state index contributed by atoms with van der Waals surface area (Å²) in [6.07, 6.45) is 2.89. The van der Waals surface area contributed by atoms with Gasteiger partial charge in [0.15, 0.2) is 23.0 Å². The SMILES string of the molecule is COc1cc(/C=N/NC(=O)/C(=C\c2ccc3c(c2)OCO3)NC(=O)c2ccccc2)cc(Br)c1OC(=O)c1ccc(C)cc1. The summed E-state index contributed by atoms with van der Waals surface area (Å²) in [6.45, 7) is 2.03. The van der Waals surface area contributed by atoms with E-state index in [0.717, 1.165) is 5.56 Å². The molecule has 0 aliphatic carbocycles. The van der Waals surface area contributed by atoms with E-state index < -0.39 is 17.8 Å². The van der Waals surface area contributed by atoms with Crippen LogP contribution in [0.2, 0.25) is 0 Å². The Hall–Kier alpha value is -5.42. The fraction of sp³-hybridized carbons (Fsp3) is 0.0909. The summed E-state index contributed by atoms with van der Waals surface area (Å²) in [5.41, 5.74) is 5.30. The van der Waals surface area contributed by atoms with Gasteiger partial charge in [0.2, 0.25) is 6.79 Å². The number of carbonyl (C=O) groups excluding carboxylic acids is 3. The highest BCUT2D eigenvalue weighted by atomic mass is 79.9. The van der Waals surface area contributed by atoms with Crippen LogP contribution in [0.5, 0.6) is 23.0 Å². The summed E-state index contributed by atoms with van der Waals surface area (Å²) in [6, 6.07) is 23.9. The molecule has 0 atom stereocenters. The third-order valence-corrected chi connectivity index (χ3v) is 6.94. The molecule has 222 valence electrons. The highest BCUT2D eigenvalue weighted by Crippen LogP contribution is 2.37. The van der Waals surface area contributed by atoms with Gasteiger partial charge < -0.3 is 24.3 Å². The normalized spacial score (nSPS) is 12.1. The summed E-state index contributed by atoms with van der Waals surface area (Å²) in [7, 11) is 1.44. The number of ether oxygens (including phenoxy) is 4. The number of methoxy groups -OCH3 is 1. The molecular formula is C33H26BrN3O7. The van der Waals surface area contributed by atoms with Crippen LogP contribution in [-0.4, -0.2) is 37.9 Å². The van der Waals surface area contributed by atoms with E-state index in [9.17, 15) is 14.4 Å². The van der Waals surface area contributed by atoms with E-state index in [-0.39, 0.29) is 24.0 Å². The molecule has 1 aliphatic rings. The molecule has 4 aromatic carbocycles. The van der Waals surface area contributed by atoms with Gasteiger partial charge >= 0.3 is 5.97 Å². The lowest BCUT2D eigenvalue weighted by atomic mass is 10.1. The minimum Gasteiger partial charge on any atom is -0.493 e. The van der Waals surface area contributed by atoms with Crippen molar-refractivity contribution >= 4 is 46.0 Å². The molecule has 11 heteroatoms. The van der Waals surface area contributed by atoms with E-state index in [4.69, 9.17) is 18.9 Å². The average Bonchev–Trinajstić information content (AvgIpc) is 3.50. The minimum atomic E-state index is -0.669. The number of carbonyl (C=O) groups is 3. The van der Waals surface area contributed by atoms with Gasteiger partial charge in [-0.3, -0.25) is 9.59 Å². The van der Waals surface area contributed by atoms with E-state index in [0.29, 0.717) is 38.2 Å². The van der Waals surface area contributed by atoms with Crippen LogP contribution in [0.15, 0.2) is 100 Å². The van der Waals surface area contributed by atoms with Crippen molar-refractivity contribution in [3.05, 3.63) is 123 Å². The molecule has 0 saturated carbocycles. The number of halogens is 1. The molecule has 0 aromatic heterocycles.